The summed E-state index contributed by atoms with van der Waals surface area (Å²) in [5.74, 6) is 3.23. The molecule has 2 aromatic rings. The second-order valence-corrected chi connectivity index (χ2v) is 18.6. The number of rotatable bonds is 1. The Labute approximate surface area is 302 Å². The van der Waals surface area contributed by atoms with Crippen LogP contribution in [-0.2, 0) is 41.5 Å². The molecule has 0 heterocycles. The van der Waals surface area contributed by atoms with Gasteiger partial charge in [-0.15, -0.1) is 12.0 Å². The standard InChI is InChI=1S/C21H25.C15H19.C6H10.2ClH.Zr/c1-20(2,3)16-9-7-14-11-15-8-10-17(21(4,5)6)13-19(15)18(14)12-16;1-2-4-14(3-1)15-8-11-5-12(9-15)7-13(6-11)10-15;1-2-4-6-5-3-1;;;/h7,9-10,12-13H,11H2,1-6H3;3-4,11-13H,1,5-10H2;1-5H2;2*1H;/q2*-1;;;;+2/p-2. The molecular weight excluding hydrogens is 667 g/mol. The molecule has 0 amide bonds. The van der Waals surface area contributed by atoms with E-state index in [0.717, 1.165) is 30.6 Å². The normalized spacial score (nSPS) is 27.2. The topological polar surface area (TPSA) is 0 Å². The van der Waals surface area contributed by atoms with Gasteiger partial charge in [-0.25, -0.2) is 6.08 Å². The van der Waals surface area contributed by atoms with Crippen LogP contribution < -0.4 is 24.8 Å². The van der Waals surface area contributed by atoms with Crippen LogP contribution in [0.15, 0.2) is 48.1 Å². The molecule has 5 saturated carbocycles. The minimum atomic E-state index is 0. The average molecular weight is 721 g/mol. The number of halogens is 2. The molecule has 0 spiro atoms. The summed E-state index contributed by atoms with van der Waals surface area (Å²) in [6.45, 7) is 13.6. The fourth-order valence-electron chi connectivity index (χ4n) is 9.19. The zero-order chi connectivity index (χ0) is 30.4. The van der Waals surface area contributed by atoms with Crippen LogP contribution in [0.25, 0.3) is 11.1 Å². The first kappa shape index (κ1) is 37.1. The summed E-state index contributed by atoms with van der Waals surface area (Å²) in [6.07, 6.45) is 26.7. The number of hydrogen-bond donors (Lipinski definition) is 0. The Balaban J connectivity index is 0.000000167. The predicted octanol–water partition coefficient (Wildman–Crippen LogP) is 5.22. The molecule has 4 bridgehead atoms. The third kappa shape index (κ3) is 8.46. The first-order chi connectivity index (χ1) is 20.4. The molecule has 2 aromatic carbocycles. The van der Waals surface area contributed by atoms with Gasteiger partial charge in [0.15, 0.2) is 0 Å². The molecular formula is C42H54Cl2Zr-2. The summed E-state index contributed by atoms with van der Waals surface area (Å²) >= 11 is 1.69. The summed E-state index contributed by atoms with van der Waals surface area (Å²) in [6, 6.07) is 15.1. The molecule has 5 fully saturated rings. The van der Waals surface area contributed by atoms with Crippen LogP contribution in [0.4, 0.5) is 0 Å². The Morgan fingerprint density at radius 2 is 1.33 bits per heavy atom. The molecule has 0 atom stereocenters. The third-order valence-electron chi connectivity index (χ3n) is 11.3. The summed E-state index contributed by atoms with van der Waals surface area (Å²) in [4.78, 5) is 0. The van der Waals surface area contributed by atoms with Crippen molar-refractivity contribution in [1.82, 2.24) is 0 Å². The quantitative estimate of drug-likeness (QED) is 0.303. The van der Waals surface area contributed by atoms with E-state index >= 15 is 0 Å². The van der Waals surface area contributed by atoms with Crippen LogP contribution in [-0.4, -0.2) is 3.21 Å². The van der Waals surface area contributed by atoms with Gasteiger partial charge >= 0.3 is 59.5 Å². The van der Waals surface area contributed by atoms with Crippen molar-refractivity contribution in [1.29, 1.82) is 0 Å². The first-order valence-corrected chi connectivity index (χ1v) is 18.6. The number of benzene rings is 2. The number of allylic oxidation sites excluding steroid dienone is 4. The van der Waals surface area contributed by atoms with E-state index in [1.807, 2.05) is 0 Å². The predicted molar refractivity (Wildman–Crippen MR) is 180 cm³/mol. The van der Waals surface area contributed by atoms with Crippen molar-refractivity contribution < 1.29 is 49.0 Å². The van der Waals surface area contributed by atoms with E-state index in [2.05, 4.69) is 96.2 Å². The van der Waals surface area contributed by atoms with Gasteiger partial charge in [0.05, 0.1) is 0 Å². The molecule has 45 heavy (non-hydrogen) atoms. The van der Waals surface area contributed by atoms with Gasteiger partial charge in [-0.2, -0.15) is 41.0 Å². The van der Waals surface area contributed by atoms with Gasteiger partial charge < -0.3 is 24.8 Å². The van der Waals surface area contributed by atoms with Crippen LogP contribution in [0, 0.1) is 35.3 Å². The molecule has 0 nitrogen and oxygen atoms in total. The van der Waals surface area contributed by atoms with Gasteiger partial charge in [0.25, 0.3) is 0 Å². The molecule has 0 saturated heterocycles. The average Bonchev–Trinajstić information content (AvgIpc) is 3.61. The van der Waals surface area contributed by atoms with Crippen molar-refractivity contribution in [3.63, 3.8) is 0 Å². The van der Waals surface area contributed by atoms with Crippen LogP contribution in [0.2, 0.25) is 0 Å². The van der Waals surface area contributed by atoms with Gasteiger partial charge in [-0.05, 0) is 54.4 Å². The second kappa shape index (κ2) is 14.8. The van der Waals surface area contributed by atoms with E-state index in [1.54, 1.807) is 52.3 Å². The summed E-state index contributed by atoms with van der Waals surface area (Å²) < 4.78 is 1.80. The van der Waals surface area contributed by atoms with Gasteiger partial charge in [0, 0.05) is 0 Å². The van der Waals surface area contributed by atoms with Crippen LogP contribution >= 0.6 is 0 Å². The fraction of sp³-hybridized carbons (Fsp3) is 0.595. The molecule has 0 aliphatic heterocycles. The van der Waals surface area contributed by atoms with E-state index in [-0.39, 0.29) is 35.6 Å². The molecule has 3 heteroatoms. The van der Waals surface area contributed by atoms with Crippen LogP contribution in [0.5, 0.6) is 0 Å². The van der Waals surface area contributed by atoms with Crippen LogP contribution in [0.3, 0.4) is 0 Å². The SMILES string of the molecule is CC(C)(C)c1c[c-]c2c(c1)-c1cc(C(C)(C)C)ccc1C2.[C-]1=CC(C23CC4CC(CC(C4)C2)C3)=CC1.[Cl-].[Cl-].[Zr+2]=[C]1CCCCC1. The number of fused-ring (bicyclic) bond motifs is 3. The van der Waals surface area contributed by atoms with Gasteiger partial charge in [0.2, 0.25) is 0 Å². The Hall–Kier alpha value is -0.747. The van der Waals surface area contributed by atoms with E-state index in [0.29, 0.717) is 5.41 Å². The summed E-state index contributed by atoms with van der Waals surface area (Å²) in [5, 5.41) is 0. The van der Waals surface area contributed by atoms with Gasteiger partial charge in [-0.3, -0.25) is 6.08 Å². The maximum absolute atomic E-state index is 3.53. The van der Waals surface area contributed by atoms with Gasteiger partial charge in [0.1, 0.15) is 0 Å². The van der Waals surface area contributed by atoms with Crippen molar-refractivity contribution in [2.75, 3.05) is 0 Å². The Morgan fingerprint density at radius 1 is 0.756 bits per heavy atom. The fourth-order valence-corrected chi connectivity index (χ4v) is 10.1. The Morgan fingerprint density at radius 3 is 1.82 bits per heavy atom. The minimum absolute atomic E-state index is 0. The zero-order valence-corrected chi connectivity index (χ0v) is 32.7. The molecule has 9 rings (SSSR count). The number of hydrogen-bond acceptors (Lipinski definition) is 0. The molecule has 7 aliphatic carbocycles. The zero-order valence-electron chi connectivity index (χ0n) is 28.7. The first-order valence-electron chi connectivity index (χ1n) is 17.4. The molecule has 242 valence electrons. The molecule has 0 aromatic heterocycles. The summed E-state index contributed by atoms with van der Waals surface area (Å²) in [7, 11) is 0. The second-order valence-electron chi connectivity index (χ2n) is 16.9. The van der Waals surface area contributed by atoms with Crippen molar-refractivity contribution >= 4 is 3.21 Å². The molecule has 7 aliphatic rings. The Kier molecular flexibility index (Phi) is 12.2. The molecule has 0 radical (unpaired) electrons. The van der Waals surface area contributed by atoms with Crippen molar-refractivity contribution in [3.05, 3.63) is 82.5 Å². The van der Waals surface area contributed by atoms with Crippen molar-refractivity contribution in [2.24, 2.45) is 23.2 Å². The van der Waals surface area contributed by atoms with E-state index in [9.17, 15) is 0 Å². The Bertz CT molecular complexity index is 1310. The van der Waals surface area contributed by atoms with E-state index < -0.39 is 0 Å². The van der Waals surface area contributed by atoms with E-state index in [1.165, 1.54) is 84.7 Å². The van der Waals surface area contributed by atoms with Gasteiger partial charge in [-0.1, -0.05) is 101 Å². The monoisotopic (exact) mass is 718 g/mol. The summed E-state index contributed by atoms with van der Waals surface area (Å²) in [5.41, 5.74) is 11.1. The molecule has 0 unspecified atom stereocenters. The van der Waals surface area contributed by atoms with Crippen LogP contribution in [0.1, 0.15) is 141 Å². The third-order valence-corrected chi connectivity index (χ3v) is 12.6. The maximum atomic E-state index is 3.53. The van der Waals surface area contributed by atoms with Crippen molar-refractivity contribution in [3.8, 4) is 11.1 Å². The van der Waals surface area contributed by atoms with E-state index in [4.69, 9.17) is 0 Å². The molecule has 0 N–H and O–H groups in total. The van der Waals surface area contributed by atoms with Crippen molar-refractivity contribution in [2.45, 2.75) is 136 Å².